The third-order valence-electron chi connectivity index (χ3n) is 3.56. The first-order valence-electron chi connectivity index (χ1n) is 6.50. The molecule has 108 valence electrons. The fraction of sp³-hybridized carbons (Fsp3) is 0.583. The van der Waals surface area contributed by atoms with Crippen LogP contribution in [0, 0.1) is 5.92 Å². The molecule has 1 fully saturated rings. The van der Waals surface area contributed by atoms with Gasteiger partial charge in [-0.2, -0.15) is 0 Å². The summed E-state index contributed by atoms with van der Waals surface area (Å²) < 4.78 is 7.67. The second kappa shape index (κ2) is 6.97. The zero-order valence-electron chi connectivity index (χ0n) is 12.4. The van der Waals surface area contributed by atoms with Crippen molar-refractivity contribution in [3.8, 4) is 0 Å². The molecule has 2 aromatic heterocycles. The first-order valence-corrected chi connectivity index (χ1v) is 6.50. The molecule has 3 heterocycles. The molecule has 21 heavy (non-hydrogen) atoms. The predicted octanol–water partition coefficient (Wildman–Crippen LogP) is -2.04. The van der Waals surface area contributed by atoms with Crippen LogP contribution in [0.4, 0.5) is 11.8 Å². The quantitative estimate of drug-likeness (QED) is 0.650. The molecule has 1 saturated heterocycles. The number of nitrogens with zero attached hydrogens (tertiary/aromatic N) is 5. The first kappa shape index (κ1) is 17.2. The molecule has 2 aromatic rings. The van der Waals surface area contributed by atoms with E-state index in [9.17, 15) is 5.11 Å². The molecule has 3 rings (SSSR count). The van der Waals surface area contributed by atoms with E-state index in [0.29, 0.717) is 17.0 Å². The molecule has 3 atom stereocenters. The van der Waals surface area contributed by atoms with Gasteiger partial charge in [0.15, 0.2) is 5.65 Å². The number of fused-ring (bicyclic) bond motifs is 1. The Morgan fingerprint density at radius 1 is 1.52 bits per heavy atom. The van der Waals surface area contributed by atoms with Gasteiger partial charge in [-0.05, 0) is 12.2 Å². The number of hydrogen-bond acceptors (Lipinski definition) is 6. The summed E-state index contributed by atoms with van der Waals surface area (Å²) in [5.41, 5.74) is 6.92. The largest absolute Gasteiger partial charge is 1.00 e. The number of aliphatic hydroxyl groups is 1. The molecule has 0 bridgehead atoms. The van der Waals surface area contributed by atoms with Crippen molar-refractivity contribution in [1.29, 1.82) is 0 Å². The van der Waals surface area contributed by atoms with Gasteiger partial charge in [-0.15, -0.1) is 0 Å². The van der Waals surface area contributed by atoms with E-state index in [1.165, 1.54) is 0 Å². The smallest absolute Gasteiger partial charge is 0.467 e. The molecule has 0 radical (unpaired) electrons. The molecule has 3 unspecified atom stereocenters. The maximum absolute atomic E-state index is 9.23. The zero-order chi connectivity index (χ0) is 14.3. The topological polar surface area (TPSA) is 113 Å². The number of aromatic nitrogens is 4. The van der Waals surface area contributed by atoms with Gasteiger partial charge < -0.3 is 25.9 Å². The molecule has 0 aromatic carbocycles. The van der Waals surface area contributed by atoms with Crippen LogP contribution in [0.5, 0.6) is 0 Å². The van der Waals surface area contributed by atoms with Crippen LogP contribution in [-0.2, 0) is 4.74 Å². The van der Waals surface area contributed by atoms with Crippen molar-refractivity contribution < 1.29 is 68.0 Å². The Morgan fingerprint density at radius 3 is 2.90 bits per heavy atom. The number of ether oxygens (including phenoxy) is 1. The van der Waals surface area contributed by atoms with Crippen LogP contribution in [0.1, 0.15) is 19.6 Å². The third kappa shape index (κ3) is 3.15. The Hall–Kier alpha value is -0.125. The number of nitrogens with two attached hydrogens (primary N) is 1. The van der Waals surface area contributed by atoms with Crippen molar-refractivity contribution in [1.82, 2.24) is 19.5 Å². The van der Waals surface area contributed by atoms with Gasteiger partial charge in [0.05, 0.1) is 19.0 Å². The maximum atomic E-state index is 9.23. The van der Waals surface area contributed by atoms with Crippen molar-refractivity contribution in [3.05, 3.63) is 11.6 Å². The Bertz CT molecular complexity index is 633. The third-order valence-corrected chi connectivity index (χ3v) is 3.56. The minimum Gasteiger partial charge on any atom is -0.467 e. The van der Waals surface area contributed by atoms with Crippen LogP contribution in [0.15, 0.2) is 6.33 Å². The minimum absolute atomic E-state index is 0. The second-order valence-corrected chi connectivity index (χ2v) is 5.00. The standard InChI is InChI=1S/C12H17N6O2.Rb/c1-6-3-7(4-19)20-11(6)18-5-15-8-9(14-2)16-12(13)17-10(8)18;/h5-7,11,19H,3-4H2,1-2H3,(H2-,13,14,16,17);/q-1;+1. The van der Waals surface area contributed by atoms with Crippen LogP contribution in [0.2, 0.25) is 0 Å². The van der Waals surface area contributed by atoms with E-state index in [1.807, 2.05) is 4.57 Å². The molecule has 1 aliphatic heterocycles. The van der Waals surface area contributed by atoms with Crippen molar-refractivity contribution in [2.24, 2.45) is 5.92 Å². The van der Waals surface area contributed by atoms with Crippen LogP contribution in [0.25, 0.3) is 16.5 Å². The van der Waals surface area contributed by atoms with E-state index in [-0.39, 0.29) is 89.0 Å². The van der Waals surface area contributed by atoms with Gasteiger partial charge in [-0.25, -0.2) is 9.97 Å². The molecule has 0 spiro atoms. The van der Waals surface area contributed by atoms with E-state index in [0.717, 1.165) is 6.42 Å². The second-order valence-electron chi connectivity index (χ2n) is 5.00. The fourth-order valence-corrected chi connectivity index (χ4v) is 2.64. The average Bonchev–Trinajstić information content (AvgIpc) is 3.00. The monoisotopic (exact) mass is 362 g/mol. The molecular formula is C12H17N6O2Rb. The number of aliphatic hydroxyl groups excluding tert-OH is 1. The van der Waals surface area contributed by atoms with E-state index < -0.39 is 0 Å². The SMILES string of the molecule is C[N-]c1nc(N)nc2c1ncn2C1OC(CO)CC1C.[Rb+]. The van der Waals surface area contributed by atoms with Gasteiger partial charge in [0.2, 0.25) is 0 Å². The average molecular weight is 363 g/mol. The summed E-state index contributed by atoms with van der Waals surface area (Å²) in [5, 5.41) is 13.3. The number of rotatable bonds is 3. The Morgan fingerprint density at radius 2 is 2.29 bits per heavy atom. The molecule has 0 amide bonds. The summed E-state index contributed by atoms with van der Waals surface area (Å²) in [7, 11) is 1.64. The zero-order valence-corrected chi connectivity index (χ0v) is 17.3. The summed E-state index contributed by atoms with van der Waals surface area (Å²) in [6, 6.07) is 0. The summed E-state index contributed by atoms with van der Waals surface area (Å²) in [5.74, 6) is 0.877. The van der Waals surface area contributed by atoms with Crippen molar-refractivity contribution in [2.75, 3.05) is 19.4 Å². The van der Waals surface area contributed by atoms with Gasteiger partial charge in [0.1, 0.15) is 17.7 Å². The summed E-state index contributed by atoms with van der Waals surface area (Å²) >= 11 is 0. The Kier molecular flexibility index (Phi) is 5.72. The van der Waals surface area contributed by atoms with Gasteiger partial charge in [-0.3, -0.25) is 4.57 Å². The normalized spacial score (nSPS) is 25.0. The number of anilines is 1. The predicted molar refractivity (Wildman–Crippen MR) is 73.5 cm³/mol. The van der Waals surface area contributed by atoms with Gasteiger partial charge in [0, 0.05) is 5.92 Å². The molecule has 1 aliphatic rings. The summed E-state index contributed by atoms with van der Waals surface area (Å²) in [4.78, 5) is 12.6. The number of imidazole rings is 1. The van der Waals surface area contributed by atoms with E-state index in [2.05, 4.69) is 27.2 Å². The molecule has 0 saturated carbocycles. The van der Waals surface area contributed by atoms with E-state index >= 15 is 0 Å². The number of nitrogen functional groups attached to an aromatic ring is 1. The number of hydrogen-bond donors (Lipinski definition) is 2. The van der Waals surface area contributed by atoms with Gasteiger partial charge in [-0.1, -0.05) is 14.0 Å². The van der Waals surface area contributed by atoms with Crippen LogP contribution in [0.3, 0.4) is 0 Å². The van der Waals surface area contributed by atoms with Crippen LogP contribution in [-0.4, -0.2) is 44.4 Å². The molecule has 8 nitrogen and oxygen atoms in total. The summed E-state index contributed by atoms with van der Waals surface area (Å²) in [6.07, 6.45) is 2.10. The van der Waals surface area contributed by atoms with E-state index in [4.69, 9.17) is 10.5 Å². The van der Waals surface area contributed by atoms with Crippen molar-refractivity contribution >= 4 is 22.9 Å². The first-order chi connectivity index (χ1) is 9.63. The molecule has 0 aliphatic carbocycles. The van der Waals surface area contributed by atoms with E-state index in [1.54, 1.807) is 13.4 Å². The molecule has 9 heteroatoms. The molecular weight excluding hydrogens is 346 g/mol. The van der Waals surface area contributed by atoms with Gasteiger partial charge >= 0.3 is 58.2 Å². The van der Waals surface area contributed by atoms with Crippen molar-refractivity contribution in [2.45, 2.75) is 25.7 Å². The fourth-order valence-electron chi connectivity index (χ4n) is 2.64. The van der Waals surface area contributed by atoms with Gasteiger partial charge in [0.25, 0.3) is 0 Å². The van der Waals surface area contributed by atoms with Crippen LogP contribution >= 0.6 is 0 Å². The molecule has 3 N–H and O–H groups in total. The Balaban J connectivity index is 0.00000161. The minimum atomic E-state index is -0.212. The van der Waals surface area contributed by atoms with Crippen molar-refractivity contribution in [3.63, 3.8) is 0 Å². The Labute approximate surface area is 171 Å². The summed E-state index contributed by atoms with van der Waals surface area (Å²) in [6.45, 7) is 2.09. The van der Waals surface area contributed by atoms with Crippen LogP contribution < -0.4 is 63.9 Å². The maximum Gasteiger partial charge on any atom is 1.00 e.